The van der Waals surface area contributed by atoms with Crippen molar-refractivity contribution in [2.75, 3.05) is 26.2 Å². The molecule has 130 valence electrons. The number of rotatable bonds is 6. The van der Waals surface area contributed by atoms with E-state index in [1.54, 1.807) is 0 Å². The van der Waals surface area contributed by atoms with Gasteiger partial charge in [0.25, 0.3) is 0 Å². The average Bonchev–Trinajstić information content (AvgIpc) is 3.30. The Morgan fingerprint density at radius 1 is 1.33 bits per heavy atom. The van der Waals surface area contributed by atoms with Gasteiger partial charge in [0.05, 0.1) is 12.3 Å². The highest BCUT2D eigenvalue weighted by molar-refractivity contribution is 6.04. The van der Waals surface area contributed by atoms with Gasteiger partial charge in [-0.2, -0.15) is 5.10 Å². The topological polar surface area (TPSA) is 36.9 Å². The number of fused-ring (bicyclic) bond motifs is 1. The molecule has 1 saturated carbocycles. The molecule has 1 aromatic carbocycles. The van der Waals surface area contributed by atoms with Gasteiger partial charge in [-0.15, -0.1) is 0 Å². The Morgan fingerprint density at radius 2 is 2.17 bits per heavy atom. The molecule has 0 amide bonds. The molecule has 3 aliphatic rings. The maximum absolute atomic E-state index is 6.01. The molecule has 4 rings (SSSR count). The summed E-state index contributed by atoms with van der Waals surface area (Å²) in [5.41, 5.74) is 5.64. The van der Waals surface area contributed by atoms with Crippen LogP contribution in [0.15, 0.2) is 29.4 Å². The van der Waals surface area contributed by atoms with Crippen molar-refractivity contribution in [3.63, 3.8) is 0 Å². The van der Waals surface area contributed by atoms with Crippen molar-refractivity contribution < 1.29 is 4.74 Å². The van der Waals surface area contributed by atoms with E-state index in [1.807, 2.05) is 0 Å². The number of likely N-dealkylation sites (tertiary alicyclic amines) is 1. The lowest BCUT2D eigenvalue weighted by atomic mass is 10.0. The second-order valence-corrected chi connectivity index (χ2v) is 7.89. The largest absolute Gasteiger partial charge is 0.493 e. The van der Waals surface area contributed by atoms with Crippen LogP contribution in [-0.2, 0) is 0 Å². The molecule has 2 unspecified atom stereocenters. The van der Waals surface area contributed by atoms with Gasteiger partial charge in [-0.25, -0.2) is 0 Å². The number of nitrogens with one attached hydrogen (secondary N) is 1. The normalized spacial score (nSPS) is 30.2. The third-order valence-electron chi connectivity index (χ3n) is 5.75. The van der Waals surface area contributed by atoms with Crippen LogP contribution in [0.1, 0.15) is 38.7 Å². The van der Waals surface area contributed by atoms with Crippen molar-refractivity contribution in [2.24, 2.45) is 22.9 Å². The lowest BCUT2D eigenvalue weighted by Gasteiger charge is -2.24. The summed E-state index contributed by atoms with van der Waals surface area (Å²) in [5, 5.41) is 4.51. The molecule has 0 radical (unpaired) electrons. The van der Waals surface area contributed by atoms with Crippen LogP contribution in [0.5, 0.6) is 5.75 Å². The van der Waals surface area contributed by atoms with E-state index in [1.165, 1.54) is 37.1 Å². The summed E-state index contributed by atoms with van der Waals surface area (Å²) in [7, 11) is 0. The number of ether oxygens (including phenoxy) is 1. The Hall–Kier alpha value is -1.55. The molecule has 24 heavy (non-hydrogen) atoms. The SMILES string of the molecule is C[C@H](COc1ccc(C2=NNCC3CC23)cc1)CN1CCC[C@H]1C. The van der Waals surface area contributed by atoms with Crippen molar-refractivity contribution >= 4 is 5.71 Å². The van der Waals surface area contributed by atoms with Gasteiger partial charge in [0, 0.05) is 31.0 Å². The Bertz CT molecular complexity index is 597. The highest BCUT2D eigenvalue weighted by Gasteiger charge is 2.43. The monoisotopic (exact) mass is 327 g/mol. The van der Waals surface area contributed by atoms with Crippen LogP contribution in [-0.4, -0.2) is 42.9 Å². The zero-order valence-corrected chi connectivity index (χ0v) is 14.9. The Kier molecular flexibility index (Phi) is 4.49. The van der Waals surface area contributed by atoms with E-state index in [-0.39, 0.29) is 0 Å². The molecule has 4 atom stereocenters. The first kappa shape index (κ1) is 15.9. The summed E-state index contributed by atoms with van der Waals surface area (Å²) in [6, 6.07) is 9.24. The van der Waals surface area contributed by atoms with Crippen molar-refractivity contribution in [3.8, 4) is 5.75 Å². The van der Waals surface area contributed by atoms with E-state index in [4.69, 9.17) is 4.74 Å². The van der Waals surface area contributed by atoms with Gasteiger partial charge in [0.15, 0.2) is 0 Å². The van der Waals surface area contributed by atoms with Gasteiger partial charge >= 0.3 is 0 Å². The Balaban J connectivity index is 1.28. The molecule has 0 bridgehead atoms. The summed E-state index contributed by atoms with van der Waals surface area (Å²) in [6.07, 6.45) is 3.98. The van der Waals surface area contributed by atoms with E-state index < -0.39 is 0 Å². The van der Waals surface area contributed by atoms with Gasteiger partial charge in [0.2, 0.25) is 0 Å². The lowest BCUT2D eigenvalue weighted by molar-refractivity contribution is 0.181. The fourth-order valence-corrected chi connectivity index (χ4v) is 4.10. The van der Waals surface area contributed by atoms with E-state index in [0.29, 0.717) is 11.8 Å². The summed E-state index contributed by atoms with van der Waals surface area (Å²) < 4.78 is 6.01. The second kappa shape index (κ2) is 6.75. The van der Waals surface area contributed by atoms with Crippen LogP contribution in [0, 0.1) is 17.8 Å². The van der Waals surface area contributed by atoms with Crippen molar-refractivity contribution in [1.29, 1.82) is 0 Å². The number of hydrazone groups is 1. The molecule has 1 N–H and O–H groups in total. The second-order valence-electron chi connectivity index (χ2n) is 7.89. The van der Waals surface area contributed by atoms with E-state index in [0.717, 1.165) is 37.4 Å². The van der Waals surface area contributed by atoms with Crippen LogP contribution in [0.3, 0.4) is 0 Å². The Morgan fingerprint density at radius 3 is 2.92 bits per heavy atom. The zero-order chi connectivity index (χ0) is 16.5. The maximum atomic E-state index is 6.01. The third kappa shape index (κ3) is 3.44. The minimum atomic E-state index is 0.560. The highest BCUT2D eigenvalue weighted by Crippen LogP contribution is 2.42. The molecule has 4 nitrogen and oxygen atoms in total. The lowest BCUT2D eigenvalue weighted by Crippen LogP contribution is -2.33. The molecule has 2 heterocycles. The molecular weight excluding hydrogens is 298 g/mol. The third-order valence-corrected chi connectivity index (χ3v) is 5.75. The number of nitrogens with zero attached hydrogens (tertiary/aromatic N) is 2. The van der Waals surface area contributed by atoms with Gasteiger partial charge in [-0.05, 0) is 68.5 Å². The fraction of sp³-hybridized carbons (Fsp3) is 0.650. The summed E-state index contributed by atoms with van der Waals surface area (Å²) in [4.78, 5) is 2.59. The number of hydrogen-bond acceptors (Lipinski definition) is 4. The summed E-state index contributed by atoms with van der Waals surface area (Å²) in [6.45, 7) is 8.85. The van der Waals surface area contributed by atoms with Crippen LogP contribution >= 0.6 is 0 Å². The maximum Gasteiger partial charge on any atom is 0.119 e. The van der Waals surface area contributed by atoms with Crippen molar-refractivity contribution in [3.05, 3.63) is 29.8 Å². The smallest absolute Gasteiger partial charge is 0.119 e. The quantitative estimate of drug-likeness (QED) is 0.872. The predicted octanol–water partition coefficient (Wildman–Crippen LogP) is 3.13. The first-order valence-corrected chi connectivity index (χ1v) is 9.48. The fourth-order valence-electron chi connectivity index (χ4n) is 4.10. The van der Waals surface area contributed by atoms with E-state index >= 15 is 0 Å². The van der Waals surface area contributed by atoms with Crippen LogP contribution in [0.25, 0.3) is 0 Å². The molecule has 1 saturated heterocycles. The molecular formula is C20H29N3O. The zero-order valence-electron chi connectivity index (χ0n) is 14.9. The van der Waals surface area contributed by atoms with Crippen LogP contribution < -0.4 is 10.2 Å². The van der Waals surface area contributed by atoms with E-state index in [9.17, 15) is 0 Å². The standard InChI is InChI=1S/C20H29N3O/c1-14(12-23-9-3-4-15(23)2)13-24-18-7-5-16(6-8-18)20-19-10-17(19)11-21-22-20/h5-8,14-15,17,19,21H,3-4,9-13H2,1-2H3/t14-,15+,17?,19?/m0/s1. The van der Waals surface area contributed by atoms with Crippen LogP contribution in [0.4, 0.5) is 0 Å². The minimum absolute atomic E-state index is 0.560. The minimum Gasteiger partial charge on any atom is -0.493 e. The predicted molar refractivity (Wildman–Crippen MR) is 97.5 cm³/mol. The molecule has 1 aromatic rings. The first-order chi connectivity index (χ1) is 11.7. The van der Waals surface area contributed by atoms with E-state index in [2.05, 4.69) is 53.5 Å². The van der Waals surface area contributed by atoms with Gasteiger partial charge in [-0.3, -0.25) is 0 Å². The molecule has 1 aliphatic carbocycles. The van der Waals surface area contributed by atoms with Crippen molar-refractivity contribution in [2.45, 2.75) is 39.2 Å². The Labute approximate surface area is 145 Å². The van der Waals surface area contributed by atoms with Crippen molar-refractivity contribution in [1.82, 2.24) is 10.3 Å². The molecule has 0 spiro atoms. The first-order valence-electron chi connectivity index (χ1n) is 9.48. The highest BCUT2D eigenvalue weighted by atomic mass is 16.5. The summed E-state index contributed by atoms with van der Waals surface area (Å²) in [5.74, 6) is 3.02. The van der Waals surface area contributed by atoms with Gasteiger partial charge in [0.1, 0.15) is 5.75 Å². The van der Waals surface area contributed by atoms with Crippen LogP contribution in [0.2, 0.25) is 0 Å². The molecule has 0 aromatic heterocycles. The number of benzene rings is 1. The summed E-state index contributed by atoms with van der Waals surface area (Å²) >= 11 is 0. The molecule has 2 fully saturated rings. The molecule has 4 heteroatoms. The average molecular weight is 327 g/mol. The number of hydrogen-bond donors (Lipinski definition) is 1. The van der Waals surface area contributed by atoms with Gasteiger partial charge < -0.3 is 15.1 Å². The van der Waals surface area contributed by atoms with Gasteiger partial charge in [-0.1, -0.05) is 6.92 Å². The molecule has 2 aliphatic heterocycles.